The topological polar surface area (TPSA) is 88.5 Å². The largest absolute Gasteiger partial charge is 0.507 e. The predicted octanol–water partition coefficient (Wildman–Crippen LogP) is 3.38. The number of hydrogen-bond donors (Lipinski definition) is 1. The highest BCUT2D eigenvalue weighted by atomic mass is 19.1. The number of nitrogens with zero attached hydrogens (tertiary/aromatic N) is 2. The predicted molar refractivity (Wildman–Crippen MR) is 131 cm³/mol. The smallest absolute Gasteiger partial charge is 0.295 e. The van der Waals surface area contributed by atoms with Crippen LogP contribution in [-0.2, 0) is 14.3 Å². The fourth-order valence-corrected chi connectivity index (χ4v) is 4.47. The molecule has 0 aliphatic carbocycles. The second kappa shape index (κ2) is 11.1. The van der Waals surface area contributed by atoms with Crippen LogP contribution in [-0.4, -0.2) is 79.2 Å². The van der Waals surface area contributed by atoms with Crippen LogP contribution < -0.4 is 9.47 Å². The maximum absolute atomic E-state index is 14.7. The number of morpholine rings is 1. The van der Waals surface area contributed by atoms with Gasteiger partial charge in [-0.1, -0.05) is 12.1 Å². The number of carbonyl (C=O) groups is 2. The molecule has 2 aliphatic heterocycles. The number of benzene rings is 2. The first-order chi connectivity index (χ1) is 17.3. The fraction of sp³-hybridized carbons (Fsp3) is 0.407. The Morgan fingerprint density at radius 1 is 1.11 bits per heavy atom. The number of carbonyl (C=O) groups excluding carboxylic acids is 2. The Labute approximate surface area is 209 Å². The van der Waals surface area contributed by atoms with Crippen LogP contribution in [0, 0.1) is 5.82 Å². The van der Waals surface area contributed by atoms with Crippen LogP contribution in [0.4, 0.5) is 4.39 Å². The minimum absolute atomic E-state index is 0.0409. The fourth-order valence-electron chi connectivity index (χ4n) is 4.47. The number of rotatable bonds is 8. The third-order valence-electron chi connectivity index (χ3n) is 6.30. The maximum Gasteiger partial charge on any atom is 0.295 e. The SMILES string of the molecule is COc1ccc([C@H]2C(=C(O)c3ccc(OC(C)C)c(F)c3)C(=O)C(=O)N2CCN2CCOCC2)cc1. The zero-order chi connectivity index (χ0) is 25.8. The molecule has 4 rings (SSSR count). The van der Waals surface area contributed by atoms with Gasteiger partial charge in [0.25, 0.3) is 11.7 Å². The lowest BCUT2D eigenvalue weighted by atomic mass is 9.95. The number of amides is 1. The quantitative estimate of drug-likeness (QED) is 0.339. The first-order valence-electron chi connectivity index (χ1n) is 12.0. The minimum Gasteiger partial charge on any atom is -0.507 e. The second-order valence-corrected chi connectivity index (χ2v) is 9.03. The van der Waals surface area contributed by atoms with Crippen molar-refractivity contribution in [1.29, 1.82) is 0 Å². The van der Waals surface area contributed by atoms with Crippen LogP contribution >= 0.6 is 0 Å². The summed E-state index contributed by atoms with van der Waals surface area (Å²) in [6.45, 7) is 7.10. The third-order valence-corrected chi connectivity index (χ3v) is 6.30. The Morgan fingerprint density at radius 2 is 1.81 bits per heavy atom. The molecule has 8 nitrogen and oxygen atoms in total. The Kier molecular flexibility index (Phi) is 7.91. The molecule has 2 aromatic rings. The van der Waals surface area contributed by atoms with Gasteiger partial charge in [0.15, 0.2) is 11.6 Å². The van der Waals surface area contributed by atoms with E-state index in [1.54, 1.807) is 45.2 Å². The number of aliphatic hydroxyl groups is 1. The minimum atomic E-state index is -0.827. The van der Waals surface area contributed by atoms with Gasteiger partial charge < -0.3 is 24.2 Å². The van der Waals surface area contributed by atoms with Crippen LogP contribution in [0.5, 0.6) is 11.5 Å². The monoisotopic (exact) mass is 498 g/mol. The lowest BCUT2D eigenvalue weighted by Gasteiger charge is -2.31. The standard InChI is InChI=1S/C27H31FN2O6/c1-17(2)36-22-9-6-19(16-21(22)28)25(31)23-24(18-4-7-20(34-3)8-5-18)30(27(33)26(23)32)11-10-29-12-14-35-15-13-29/h4-9,16-17,24,31H,10-15H2,1-3H3/t24-/m0/s1. The highest BCUT2D eigenvalue weighted by Crippen LogP contribution is 2.40. The van der Waals surface area contributed by atoms with Gasteiger partial charge in [-0.3, -0.25) is 14.5 Å². The number of methoxy groups -OCH3 is 1. The summed E-state index contributed by atoms with van der Waals surface area (Å²) in [5, 5.41) is 11.2. The zero-order valence-corrected chi connectivity index (χ0v) is 20.7. The molecule has 192 valence electrons. The molecule has 0 bridgehead atoms. The van der Waals surface area contributed by atoms with Crippen LogP contribution in [0.25, 0.3) is 5.76 Å². The molecule has 2 saturated heterocycles. The molecule has 36 heavy (non-hydrogen) atoms. The maximum atomic E-state index is 14.7. The van der Waals surface area contributed by atoms with Crippen molar-refractivity contribution in [2.45, 2.75) is 26.0 Å². The van der Waals surface area contributed by atoms with Gasteiger partial charge in [-0.25, -0.2) is 4.39 Å². The average molecular weight is 499 g/mol. The highest BCUT2D eigenvalue weighted by molar-refractivity contribution is 6.46. The summed E-state index contributed by atoms with van der Waals surface area (Å²) in [7, 11) is 1.55. The Balaban J connectivity index is 1.73. The van der Waals surface area contributed by atoms with Gasteiger partial charge in [-0.05, 0) is 49.7 Å². The highest BCUT2D eigenvalue weighted by Gasteiger charge is 2.46. The Bertz CT molecular complexity index is 1140. The number of likely N-dealkylation sites (tertiary alicyclic amines) is 1. The van der Waals surface area contributed by atoms with Crippen molar-refractivity contribution in [1.82, 2.24) is 9.80 Å². The molecule has 0 radical (unpaired) electrons. The lowest BCUT2D eigenvalue weighted by Crippen LogP contribution is -2.42. The molecule has 2 aromatic carbocycles. The van der Waals surface area contributed by atoms with E-state index in [9.17, 15) is 19.1 Å². The Hall–Kier alpha value is -3.43. The van der Waals surface area contributed by atoms with E-state index in [0.717, 1.165) is 19.2 Å². The summed E-state index contributed by atoms with van der Waals surface area (Å²) in [4.78, 5) is 30.0. The zero-order valence-electron chi connectivity index (χ0n) is 20.7. The number of hydrogen-bond acceptors (Lipinski definition) is 7. The molecule has 1 N–H and O–H groups in total. The van der Waals surface area contributed by atoms with Crippen LogP contribution in [0.15, 0.2) is 48.0 Å². The average Bonchev–Trinajstić information content (AvgIpc) is 3.13. The number of Topliss-reactive ketones (excluding diaryl/α,β-unsaturated/α-hetero) is 1. The van der Waals surface area contributed by atoms with Crippen molar-refractivity contribution in [2.24, 2.45) is 0 Å². The van der Waals surface area contributed by atoms with E-state index < -0.39 is 29.3 Å². The molecule has 1 amide bonds. The van der Waals surface area contributed by atoms with E-state index >= 15 is 0 Å². The van der Waals surface area contributed by atoms with Gasteiger partial charge in [-0.2, -0.15) is 0 Å². The molecule has 0 aromatic heterocycles. The van der Waals surface area contributed by atoms with Crippen molar-refractivity contribution in [2.75, 3.05) is 46.5 Å². The number of halogens is 1. The summed E-state index contributed by atoms with van der Waals surface area (Å²) in [6, 6.07) is 10.1. The number of ketones is 1. The first kappa shape index (κ1) is 25.7. The van der Waals surface area contributed by atoms with Crippen LogP contribution in [0.3, 0.4) is 0 Å². The van der Waals surface area contributed by atoms with Gasteiger partial charge in [0.05, 0.1) is 38.0 Å². The second-order valence-electron chi connectivity index (χ2n) is 9.03. The van der Waals surface area contributed by atoms with E-state index in [4.69, 9.17) is 14.2 Å². The number of ether oxygens (including phenoxy) is 3. The normalized spacial score (nSPS) is 20.2. The molecule has 0 saturated carbocycles. The molecule has 1 atom stereocenters. The van der Waals surface area contributed by atoms with Crippen molar-refractivity contribution in [3.63, 3.8) is 0 Å². The lowest BCUT2D eigenvalue weighted by molar-refractivity contribution is -0.140. The summed E-state index contributed by atoms with van der Waals surface area (Å²) in [6.07, 6.45) is -0.231. The van der Waals surface area contributed by atoms with E-state index in [2.05, 4.69) is 4.90 Å². The molecule has 2 aliphatic rings. The van der Waals surface area contributed by atoms with Crippen molar-refractivity contribution in [3.05, 3.63) is 65.0 Å². The van der Waals surface area contributed by atoms with Gasteiger partial charge in [0.1, 0.15) is 11.5 Å². The van der Waals surface area contributed by atoms with Gasteiger partial charge >= 0.3 is 0 Å². The number of aliphatic hydroxyl groups excluding tert-OH is 1. The summed E-state index contributed by atoms with van der Waals surface area (Å²) in [5.74, 6) is -1.96. The molecule has 0 spiro atoms. The van der Waals surface area contributed by atoms with Gasteiger partial charge in [-0.15, -0.1) is 0 Å². The van der Waals surface area contributed by atoms with Gasteiger partial charge in [0, 0.05) is 31.7 Å². The van der Waals surface area contributed by atoms with E-state index in [0.29, 0.717) is 31.1 Å². The molecular formula is C27H31FN2O6. The summed E-state index contributed by atoms with van der Waals surface area (Å²) < 4.78 is 30.8. The summed E-state index contributed by atoms with van der Waals surface area (Å²) in [5.41, 5.74) is 0.649. The molecule has 0 unspecified atom stereocenters. The van der Waals surface area contributed by atoms with Crippen molar-refractivity contribution >= 4 is 17.4 Å². The Morgan fingerprint density at radius 3 is 2.42 bits per heavy atom. The van der Waals surface area contributed by atoms with Crippen LogP contribution in [0.2, 0.25) is 0 Å². The van der Waals surface area contributed by atoms with E-state index in [1.807, 2.05) is 0 Å². The summed E-state index contributed by atoms with van der Waals surface area (Å²) >= 11 is 0. The van der Waals surface area contributed by atoms with Crippen LogP contribution in [0.1, 0.15) is 31.0 Å². The van der Waals surface area contributed by atoms with E-state index in [1.165, 1.54) is 17.0 Å². The molecule has 2 heterocycles. The third kappa shape index (κ3) is 5.37. The molecule has 2 fully saturated rings. The first-order valence-corrected chi connectivity index (χ1v) is 12.0. The van der Waals surface area contributed by atoms with Crippen molar-refractivity contribution < 1.29 is 33.3 Å². The van der Waals surface area contributed by atoms with E-state index in [-0.39, 0.29) is 29.5 Å². The molecule has 9 heteroatoms. The van der Waals surface area contributed by atoms with Crippen molar-refractivity contribution in [3.8, 4) is 11.5 Å². The molecular weight excluding hydrogens is 467 g/mol. The van der Waals surface area contributed by atoms with Gasteiger partial charge in [0.2, 0.25) is 0 Å².